The van der Waals surface area contributed by atoms with Crippen LogP contribution in [0.4, 0.5) is 17.6 Å². The van der Waals surface area contributed by atoms with Crippen LogP contribution in [0.25, 0.3) is 0 Å². The molecule has 0 radical (unpaired) electrons. The Hall–Kier alpha value is -3.60. The number of hydrogen-bond donors (Lipinski definition) is 5. The molecule has 8 N–H and O–H groups in total. The lowest BCUT2D eigenvalue weighted by Crippen LogP contribution is -2.49. The van der Waals surface area contributed by atoms with Crippen molar-refractivity contribution in [3.05, 3.63) is 48.6 Å². The van der Waals surface area contributed by atoms with Crippen molar-refractivity contribution in [1.29, 1.82) is 0 Å². The standard InChI is InChI=1S/C18H22N10O/c19-16-26-14(27-17(20)28-16)12-5-6-18(21,15-23-8-22-9-24-15)7-13(12)25-10-1-3-11(29)4-2-10/h1-4,8-9,12-13,25,29H,5-7,21H2,(H4,19,20,26,27,28). The SMILES string of the molecule is Nc1nc(N)nc(C2CCC(N)(c3ncncn3)CC2Nc2ccc(O)cc2)n1. The van der Waals surface area contributed by atoms with Crippen molar-refractivity contribution in [3.8, 4) is 5.75 Å². The van der Waals surface area contributed by atoms with Crippen molar-refractivity contribution >= 4 is 17.6 Å². The zero-order valence-corrected chi connectivity index (χ0v) is 15.6. The summed E-state index contributed by atoms with van der Waals surface area (Å²) in [5.41, 5.74) is 18.4. The summed E-state index contributed by atoms with van der Waals surface area (Å²) in [6.45, 7) is 0. The fraction of sp³-hybridized carbons (Fsp3) is 0.333. The van der Waals surface area contributed by atoms with E-state index in [9.17, 15) is 5.11 Å². The van der Waals surface area contributed by atoms with Gasteiger partial charge in [0.2, 0.25) is 11.9 Å². The minimum atomic E-state index is -0.738. The van der Waals surface area contributed by atoms with Crippen LogP contribution in [0.3, 0.4) is 0 Å². The van der Waals surface area contributed by atoms with Crippen molar-refractivity contribution in [1.82, 2.24) is 29.9 Å². The van der Waals surface area contributed by atoms with Gasteiger partial charge in [-0.05, 0) is 43.5 Å². The van der Waals surface area contributed by atoms with Crippen molar-refractivity contribution in [2.45, 2.75) is 36.8 Å². The highest BCUT2D eigenvalue weighted by molar-refractivity contribution is 5.47. The number of nitrogens with one attached hydrogen (secondary N) is 1. The van der Waals surface area contributed by atoms with E-state index < -0.39 is 5.54 Å². The van der Waals surface area contributed by atoms with Gasteiger partial charge >= 0.3 is 0 Å². The highest BCUT2D eigenvalue weighted by Gasteiger charge is 2.43. The first kappa shape index (κ1) is 18.7. The maximum atomic E-state index is 9.56. The van der Waals surface area contributed by atoms with E-state index in [0.717, 1.165) is 5.69 Å². The first-order chi connectivity index (χ1) is 13.9. The number of anilines is 3. The molecule has 11 nitrogen and oxygen atoms in total. The first-order valence-corrected chi connectivity index (χ1v) is 9.17. The summed E-state index contributed by atoms with van der Waals surface area (Å²) < 4.78 is 0. The predicted octanol–water partition coefficient (Wildman–Crippen LogP) is 0.529. The molecule has 3 atom stereocenters. The van der Waals surface area contributed by atoms with Gasteiger partial charge in [-0.1, -0.05) is 0 Å². The summed E-state index contributed by atoms with van der Waals surface area (Å²) in [5.74, 6) is 1.31. The van der Waals surface area contributed by atoms with Gasteiger partial charge in [-0.2, -0.15) is 15.0 Å². The fourth-order valence-electron chi connectivity index (χ4n) is 3.78. The highest BCUT2D eigenvalue weighted by atomic mass is 16.3. The highest BCUT2D eigenvalue weighted by Crippen LogP contribution is 2.41. The molecule has 4 rings (SSSR count). The van der Waals surface area contributed by atoms with E-state index in [1.807, 2.05) is 0 Å². The molecule has 0 spiro atoms. The number of nitrogens with zero attached hydrogens (tertiary/aromatic N) is 6. The normalized spacial score (nSPS) is 24.2. The Labute approximate surface area is 166 Å². The monoisotopic (exact) mass is 394 g/mol. The molecule has 2 aromatic heterocycles. The van der Waals surface area contributed by atoms with Gasteiger partial charge in [0, 0.05) is 17.6 Å². The molecule has 29 heavy (non-hydrogen) atoms. The van der Waals surface area contributed by atoms with Crippen molar-refractivity contribution < 1.29 is 5.11 Å². The van der Waals surface area contributed by atoms with Crippen LogP contribution in [0.15, 0.2) is 36.9 Å². The lowest BCUT2D eigenvalue weighted by Gasteiger charge is -2.41. The Morgan fingerprint density at radius 2 is 1.66 bits per heavy atom. The molecule has 3 aromatic rings. The molecule has 0 bridgehead atoms. The minimum Gasteiger partial charge on any atom is -0.508 e. The van der Waals surface area contributed by atoms with Gasteiger partial charge in [0.25, 0.3) is 0 Å². The molecule has 1 aliphatic carbocycles. The second-order valence-electron chi connectivity index (χ2n) is 7.17. The molecule has 1 saturated carbocycles. The summed E-state index contributed by atoms with van der Waals surface area (Å²) in [4.78, 5) is 24.9. The Bertz CT molecular complexity index is 963. The number of rotatable bonds is 4. The molecular formula is C18H22N10O. The molecule has 0 amide bonds. The summed E-state index contributed by atoms with van der Waals surface area (Å²) in [6.07, 6.45) is 4.70. The van der Waals surface area contributed by atoms with E-state index in [0.29, 0.717) is 30.9 Å². The molecule has 0 saturated heterocycles. The minimum absolute atomic E-state index is 0.0814. The van der Waals surface area contributed by atoms with Gasteiger partial charge in [-0.15, -0.1) is 0 Å². The van der Waals surface area contributed by atoms with Gasteiger partial charge in [0.05, 0.1) is 5.54 Å². The lowest BCUT2D eigenvalue weighted by molar-refractivity contribution is 0.240. The van der Waals surface area contributed by atoms with Crippen LogP contribution < -0.4 is 22.5 Å². The van der Waals surface area contributed by atoms with Gasteiger partial charge in [0.15, 0.2) is 5.82 Å². The Kier molecular flexibility index (Phi) is 4.80. The second-order valence-corrected chi connectivity index (χ2v) is 7.17. The van der Waals surface area contributed by atoms with Crippen molar-refractivity contribution in [2.24, 2.45) is 5.73 Å². The number of aromatic hydroxyl groups is 1. The average Bonchev–Trinajstić information content (AvgIpc) is 2.70. The molecule has 3 unspecified atom stereocenters. The van der Waals surface area contributed by atoms with Gasteiger partial charge < -0.3 is 27.6 Å². The predicted molar refractivity (Wildman–Crippen MR) is 106 cm³/mol. The molecule has 1 fully saturated rings. The number of phenolic OH excluding ortho intramolecular Hbond substituents is 1. The van der Waals surface area contributed by atoms with E-state index in [-0.39, 0.29) is 29.6 Å². The summed E-state index contributed by atoms with van der Waals surface area (Å²) in [5, 5.41) is 13.0. The van der Waals surface area contributed by atoms with E-state index in [1.165, 1.54) is 12.7 Å². The van der Waals surface area contributed by atoms with Gasteiger partial charge in [-0.3, -0.25) is 0 Å². The maximum absolute atomic E-state index is 9.56. The largest absolute Gasteiger partial charge is 0.508 e. The van der Waals surface area contributed by atoms with Crippen LogP contribution in [0, 0.1) is 0 Å². The third-order valence-corrected chi connectivity index (χ3v) is 5.15. The molecule has 2 heterocycles. The maximum Gasteiger partial charge on any atom is 0.225 e. The Morgan fingerprint density at radius 1 is 1.00 bits per heavy atom. The zero-order chi connectivity index (χ0) is 20.4. The van der Waals surface area contributed by atoms with Crippen molar-refractivity contribution in [3.63, 3.8) is 0 Å². The Balaban J connectivity index is 1.68. The van der Waals surface area contributed by atoms with E-state index in [4.69, 9.17) is 17.2 Å². The molecule has 11 heteroatoms. The number of phenols is 1. The van der Waals surface area contributed by atoms with Crippen LogP contribution in [0.2, 0.25) is 0 Å². The Morgan fingerprint density at radius 3 is 2.31 bits per heavy atom. The number of hydrogen-bond acceptors (Lipinski definition) is 11. The lowest BCUT2D eigenvalue weighted by atomic mass is 9.73. The topological polar surface area (TPSA) is 188 Å². The number of aromatic nitrogens is 6. The van der Waals surface area contributed by atoms with Crippen LogP contribution in [-0.2, 0) is 5.54 Å². The zero-order valence-electron chi connectivity index (χ0n) is 15.6. The van der Waals surface area contributed by atoms with Crippen LogP contribution in [-0.4, -0.2) is 41.1 Å². The summed E-state index contributed by atoms with van der Waals surface area (Å²) >= 11 is 0. The first-order valence-electron chi connectivity index (χ1n) is 9.17. The van der Waals surface area contributed by atoms with Crippen LogP contribution in [0.5, 0.6) is 5.75 Å². The molecule has 150 valence electrons. The molecule has 0 aliphatic heterocycles. The van der Waals surface area contributed by atoms with E-state index >= 15 is 0 Å². The van der Waals surface area contributed by atoms with Gasteiger partial charge in [0.1, 0.15) is 24.2 Å². The summed E-state index contributed by atoms with van der Waals surface area (Å²) in [7, 11) is 0. The van der Waals surface area contributed by atoms with Crippen molar-refractivity contribution in [2.75, 3.05) is 16.8 Å². The fourth-order valence-corrected chi connectivity index (χ4v) is 3.78. The molecule has 1 aromatic carbocycles. The quantitative estimate of drug-likeness (QED) is 0.388. The van der Waals surface area contributed by atoms with Gasteiger partial charge in [-0.25, -0.2) is 15.0 Å². The number of nitrogens with two attached hydrogens (primary N) is 3. The number of nitrogen functional groups attached to an aromatic ring is 2. The van der Waals surface area contributed by atoms with E-state index in [1.54, 1.807) is 24.3 Å². The average molecular weight is 394 g/mol. The summed E-state index contributed by atoms with van der Waals surface area (Å²) in [6, 6.07) is 6.65. The van der Waals surface area contributed by atoms with Crippen LogP contribution >= 0.6 is 0 Å². The third kappa shape index (κ3) is 3.99. The smallest absolute Gasteiger partial charge is 0.225 e. The van der Waals surface area contributed by atoms with Crippen LogP contribution in [0.1, 0.15) is 36.8 Å². The molecular weight excluding hydrogens is 372 g/mol. The van der Waals surface area contributed by atoms with E-state index in [2.05, 4.69) is 35.2 Å². The second kappa shape index (κ2) is 7.43. The third-order valence-electron chi connectivity index (χ3n) is 5.15. The molecule has 1 aliphatic rings. The number of benzene rings is 1.